The Balaban J connectivity index is -0.00000242. The number of hydrogen-bond donors (Lipinski definition) is 0. The number of carbonyl (C=O) groups is 2. The van der Waals surface area contributed by atoms with Gasteiger partial charge in [0.15, 0.2) is 0 Å². The summed E-state index contributed by atoms with van der Waals surface area (Å²) in [7, 11) is 0. The molecule has 0 aromatic rings. The van der Waals surface area contributed by atoms with Gasteiger partial charge in [-0.05, 0) is 12.8 Å². The van der Waals surface area contributed by atoms with E-state index in [1.54, 1.807) is 0 Å². The van der Waals surface area contributed by atoms with Gasteiger partial charge in [0.1, 0.15) is 0 Å². The van der Waals surface area contributed by atoms with Crippen LogP contribution in [0.3, 0.4) is 0 Å². The number of carbonyl (C=O) groups excluding carboxylic acids is 2. The molecule has 0 saturated carbocycles. The molecule has 0 heterocycles. The molecule has 140 valence electrons. The van der Waals surface area contributed by atoms with E-state index in [-0.39, 0.29) is 71.1 Å². The zero-order valence-electron chi connectivity index (χ0n) is 15.5. The predicted molar refractivity (Wildman–Crippen MR) is 111 cm³/mol. The van der Waals surface area contributed by atoms with Crippen LogP contribution in [0.1, 0.15) is 117 Å². The average Bonchev–Trinajstić information content (AvgIpc) is 2.53. The topological polar surface area (TPSA) is 43.4 Å². The first-order valence-corrected chi connectivity index (χ1v) is 9.94. The Morgan fingerprint density at radius 3 is 1.12 bits per heavy atom. The van der Waals surface area contributed by atoms with E-state index in [9.17, 15) is 9.59 Å². The molecule has 0 atom stereocenters. The first-order chi connectivity index (χ1) is 11.2. The van der Waals surface area contributed by atoms with Gasteiger partial charge < -0.3 is 4.74 Å². The second-order valence-electron chi connectivity index (χ2n) is 6.59. The van der Waals surface area contributed by atoms with Gasteiger partial charge >= 0.3 is 71.1 Å². The second-order valence-corrected chi connectivity index (χ2v) is 6.59. The van der Waals surface area contributed by atoms with Crippen LogP contribution < -0.4 is 0 Å². The van der Waals surface area contributed by atoms with E-state index >= 15 is 0 Å². The van der Waals surface area contributed by atoms with Crippen LogP contribution in [0.5, 0.6) is 0 Å². The Bertz CT molecular complexity index is 269. The summed E-state index contributed by atoms with van der Waals surface area (Å²) in [5.41, 5.74) is 0. The minimum absolute atomic E-state index is 0. The number of ether oxygens (including phenoxy) is 1. The molecule has 0 spiro atoms. The van der Waals surface area contributed by atoms with Crippen molar-refractivity contribution in [1.29, 1.82) is 0 Å². The Kier molecular flexibility index (Phi) is 31.0. The molecule has 0 rings (SSSR count). The SMILES string of the molecule is CCCCCCCCCC(=O)OC(=O)CCCCCCCCC.[NaH].[NaH]. The van der Waals surface area contributed by atoms with E-state index in [4.69, 9.17) is 4.74 Å². The van der Waals surface area contributed by atoms with Gasteiger partial charge in [-0.1, -0.05) is 90.9 Å². The van der Waals surface area contributed by atoms with Crippen LogP contribution in [0.15, 0.2) is 0 Å². The minimum atomic E-state index is -0.341. The van der Waals surface area contributed by atoms with E-state index in [0.717, 1.165) is 25.7 Å². The van der Waals surface area contributed by atoms with Gasteiger partial charge in [0.05, 0.1) is 0 Å². The average molecular weight is 375 g/mol. The van der Waals surface area contributed by atoms with Crippen LogP contribution in [0, 0.1) is 0 Å². The monoisotopic (exact) mass is 374 g/mol. The molecule has 0 N–H and O–H groups in total. The summed E-state index contributed by atoms with van der Waals surface area (Å²) >= 11 is 0. The Labute approximate surface area is 200 Å². The van der Waals surface area contributed by atoms with Crippen molar-refractivity contribution in [2.75, 3.05) is 0 Å². The molecule has 0 aromatic carbocycles. The van der Waals surface area contributed by atoms with Crippen LogP contribution in [0.2, 0.25) is 0 Å². The van der Waals surface area contributed by atoms with Crippen molar-refractivity contribution in [3.05, 3.63) is 0 Å². The third-order valence-corrected chi connectivity index (χ3v) is 4.20. The van der Waals surface area contributed by atoms with Crippen molar-refractivity contribution < 1.29 is 14.3 Å². The van der Waals surface area contributed by atoms with Crippen molar-refractivity contribution >= 4 is 71.1 Å². The summed E-state index contributed by atoms with van der Waals surface area (Å²) in [6.45, 7) is 4.42. The van der Waals surface area contributed by atoms with Crippen molar-refractivity contribution in [3.8, 4) is 0 Å². The molecule has 0 aliphatic heterocycles. The standard InChI is InChI=1S/C20H38O3.2Na.2H/c1-3-5-7-9-11-13-15-17-19(21)23-20(22)18-16-14-12-10-8-6-4-2;;;;/h3-18H2,1-2H3;;;;. The molecular weight excluding hydrogens is 334 g/mol. The van der Waals surface area contributed by atoms with Gasteiger partial charge in [-0.15, -0.1) is 0 Å². The van der Waals surface area contributed by atoms with Crippen LogP contribution in [-0.2, 0) is 14.3 Å². The molecule has 25 heavy (non-hydrogen) atoms. The van der Waals surface area contributed by atoms with Gasteiger partial charge in [-0.25, -0.2) is 0 Å². The fraction of sp³-hybridized carbons (Fsp3) is 0.900. The first kappa shape index (κ1) is 30.9. The summed E-state index contributed by atoms with van der Waals surface area (Å²) in [6.07, 6.45) is 17.1. The maximum absolute atomic E-state index is 11.6. The maximum atomic E-state index is 11.6. The van der Waals surface area contributed by atoms with Crippen LogP contribution in [0.25, 0.3) is 0 Å². The van der Waals surface area contributed by atoms with E-state index in [0.29, 0.717) is 12.8 Å². The zero-order valence-corrected chi connectivity index (χ0v) is 15.5. The molecule has 5 heteroatoms. The summed E-state index contributed by atoms with van der Waals surface area (Å²) < 4.78 is 4.86. The van der Waals surface area contributed by atoms with Gasteiger partial charge in [0.2, 0.25) is 0 Å². The summed E-state index contributed by atoms with van der Waals surface area (Å²) in [5, 5.41) is 0. The van der Waals surface area contributed by atoms with Crippen molar-refractivity contribution in [3.63, 3.8) is 0 Å². The number of rotatable bonds is 16. The Morgan fingerprint density at radius 1 is 0.520 bits per heavy atom. The molecule has 0 aliphatic carbocycles. The molecule has 0 radical (unpaired) electrons. The normalized spacial score (nSPS) is 9.84. The van der Waals surface area contributed by atoms with E-state index in [1.165, 1.54) is 64.2 Å². The number of esters is 2. The fourth-order valence-electron chi connectivity index (χ4n) is 2.68. The molecule has 0 aromatic heterocycles. The molecule has 3 nitrogen and oxygen atoms in total. The zero-order chi connectivity index (χ0) is 17.2. The molecule has 0 aliphatic rings. The molecule has 0 saturated heterocycles. The summed E-state index contributed by atoms with van der Waals surface area (Å²) in [6, 6.07) is 0. The number of hydrogen-bond acceptors (Lipinski definition) is 3. The van der Waals surface area contributed by atoms with Gasteiger partial charge in [-0.2, -0.15) is 0 Å². The van der Waals surface area contributed by atoms with Crippen LogP contribution >= 0.6 is 0 Å². The van der Waals surface area contributed by atoms with Gasteiger partial charge in [-0.3, -0.25) is 9.59 Å². The van der Waals surface area contributed by atoms with E-state index < -0.39 is 0 Å². The van der Waals surface area contributed by atoms with Crippen LogP contribution in [0.4, 0.5) is 0 Å². The predicted octanol–water partition coefficient (Wildman–Crippen LogP) is 5.04. The first-order valence-electron chi connectivity index (χ1n) is 9.94. The Morgan fingerprint density at radius 2 is 0.800 bits per heavy atom. The van der Waals surface area contributed by atoms with Gasteiger partial charge in [0.25, 0.3) is 0 Å². The van der Waals surface area contributed by atoms with E-state index in [1.807, 2.05) is 0 Å². The third-order valence-electron chi connectivity index (χ3n) is 4.20. The quantitative estimate of drug-likeness (QED) is 0.164. The Hall–Kier alpha value is 1.14. The summed E-state index contributed by atoms with van der Waals surface area (Å²) in [4.78, 5) is 23.1. The molecule has 0 amide bonds. The molecule has 0 fully saturated rings. The van der Waals surface area contributed by atoms with Crippen LogP contribution in [-0.4, -0.2) is 71.1 Å². The second kappa shape index (κ2) is 25.1. The molecule has 0 bridgehead atoms. The van der Waals surface area contributed by atoms with Crippen molar-refractivity contribution in [2.45, 2.75) is 117 Å². The van der Waals surface area contributed by atoms with Crippen molar-refractivity contribution in [1.82, 2.24) is 0 Å². The van der Waals surface area contributed by atoms with Crippen molar-refractivity contribution in [2.24, 2.45) is 0 Å². The summed E-state index contributed by atoms with van der Waals surface area (Å²) in [5.74, 6) is -0.682. The number of unbranched alkanes of at least 4 members (excludes halogenated alkanes) is 12. The molecule has 0 unspecified atom stereocenters. The fourth-order valence-corrected chi connectivity index (χ4v) is 2.68. The van der Waals surface area contributed by atoms with E-state index in [2.05, 4.69) is 13.8 Å². The molecular formula is C20H40Na2O3. The van der Waals surface area contributed by atoms with Gasteiger partial charge in [0, 0.05) is 12.8 Å². The third kappa shape index (κ3) is 25.1.